The van der Waals surface area contributed by atoms with Gasteiger partial charge >= 0.3 is 0 Å². The molecule has 1 aliphatic rings. The zero-order valence-corrected chi connectivity index (χ0v) is 12.5. The second kappa shape index (κ2) is 7.43. The molecule has 4 nitrogen and oxygen atoms in total. The van der Waals surface area contributed by atoms with Gasteiger partial charge in [-0.1, -0.05) is 65.9 Å². The van der Waals surface area contributed by atoms with Crippen LogP contribution in [0.15, 0.2) is 19.2 Å². The number of aliphatic hydroxyl groups excluding tert-OH is 1. The quantitative estimate of drug-likeness (QED) is 0.890. The largest absolute Gasteiger partial charge is 0.386 e. The van der Waals surface area contributed by atoms with Gasteiger partial charge in [0.2, 0.25) is 0 Å². The fraction of sp³-hybridized carbons (Fsp3) is 0.733. The van der Waals surface area contributed by atoms with Crippen LogP contribution in [0, 0.1) is 5.41 Å². The molecule has 108 valence electrons. The summed E-state index contributed by atoms with van der Waals surface area (Å²) in [6.07, 6.45) is 11.3. The Kier molecular flexibility index (Phi) is 6.22. The van der Waals surface area contributed by atoms with Crippen molar-refractivity contribution in [2.75, 3.05) is 0 Å². The van der Waals surface area contributed by atoms with Gasteiger partial charge in [-0.05, 0) is 5.41 Å². The molecule has 1 unspecified atom stereocenters. The molecule has 1 aromatic rings. The Balaban J connectivity index is 0.000000250. The van der Waals surface area contributed by atoms with Gasteiger partial charge in [-0.3, -0.25) is 0 Å². The van der Waals surface area contributed by atoms with E-state index in [0.717, 1.165) is 0 Å². The average molecular weight is 265 g/mol. The summed E-state index contributed by atoms with van der Waals surface area (Å²) in [6.45, 7) is 9.61. The summed E-state index contributed by atoms with van der Waals surface area (Å²) in [6, 6.07) is 0. The van der Waals surface area contributed by atoms with Gasteiger partial charge in [0.1, 0.15) is 18.8 Å². The van der Waals surface area contributed by atoms with E-state index in [1.165, 1.54) is 55.9 Å². The van der Waals surface area contributed by atoms with Crippen LogP contribution < -0.4 is 0 Å². The Bertz CT molecular complexity index is 350. The third-order valence-electron chi connectivity index (χ3n) is 3.35. The lowest BCUT2D eigenvalue weighted by atomic mass is 9.87. The molecule has 0 aromatic carbocycles. The van der Waals surface area contributed by atoms with Crippen LogP contribution in [0.5, 0.6) is 0 Å². The second-order valence-corrected chi connectivity index (χ2v) is 6.22. The lowest BCUT2D eigenvalue weighted by Gasteiger charge is -2.26. The lowest BCUT2D eigenvalue weighted by molar-refractivity contribution is 0.109. The Labute approximate surface area is 116 Å². The van der Waals surface area contributed by atoms with Crippen molar-refractivity contribution in [2.45, 2.75) is 65.4 Å². The molecule has 1 N–H and O–H groups in total. The molecule has 4 heteroatoms. The predicted octanol–water partition coefficient (Wildman–Crippen LogP) is 3.50. The lowest BCUT2D eigenvalue weighted by Crippen LogP contribution is -2.29. The maximum Gasteiger partial charge on any atom is 0.138 e. The van der Waals surface area contributed by atoms with Crippen molar-refractivity contribution in [1.29, 1.82) is 0 Å². The molecular formula is C15H27N3O. The summed E-state index contributed by atoms with van der Waals surface area (Å²) < 4.78 is 1.48. The molecule has 1 aromatic heterocycles. The SMILES string of the molecule is C1CCCCC1.C=C(C(O)C(C)(C)C)n1cncn1. The molecule has 0 aliphatic heterocycles. The fourth-order valence-electron chi connectivity index (χ4n) is 2.04. The van der Waals surface area contributed by atoms with Gasteiger partial charge in [0, 0.05) is 0 Å². The van der Waals surface area contributed by atoms with Crippen LogP contribution in [0.1, 0.15) is 59.3 Å². The number of hydrogen-bond donors (Lipinski definition) is 1. The monoisotopic (exact) mass is 265 g/mol. The Hall–Kier alpha value is -1.16. The van der Waals surface area contributed by atoms with Crippen molar-refractivity contribution in [2.24, 2.45) is 5.41 Å². The molecule has 1 aliphatic carbocycles. The van der Waals surface area contributed by atoms with Gasteiger partial charge in [0.05, 0.1) is 5.70 Å². The van der Waals surface area contributed by atoms with Crippen LogP contribution in [-0.2, 0) is 0 Å². The minimum Gasteiger partial charge on any atom is -0.386 e. The van der Waals surface area contributed by atoms with Crippen molar-refractivity contribution in [1.82, 2.24) is 14.8 Å². The molecule has 0 saturated heterocycles. The van der Waals surface area contributed by atoms with E-state index < -0.39 is 6.10 Å². The minimum atomic E-state index is -0.616. The maximum absolute atomic E-state index is 9.84. The van der Waals surface area contributed by atoms with E-state index in [-0.39, 0.29) is 5.41 Å². The predicted molar refractivity (Wildman–Crippen MR) is 78.5 cm³/mol. The minimum absolute atomic E-state index is 0.233. The van der Waals surface area contributed by atoms with Gasteiger partial charge in [-0.25, -0.2) is 9.67 Å². The summed E-state index contributed by atoms with van der Waals surface area (Å²) in [5.74, 6) is 0. The van der Waals surface area contributed by atoms with Crippen LogP contribution in [0.3, 0.4) is 0 Å². The first kappa shape index (κ1) is 15.9. The normalized spacial score (nSPS) is 17.3. The number of hydrogen-bond acceptors (Lipinski definition) is 3. The second-order valence-electron chi connectivity index (χ2n) is 6.22. The third kappa shape index (κ3) is 5.55. The summed E-state index contributed by atoms with van der Waals surface area (Å²) in [4.78, 5) is 3.79. The number of nitrogens with zero attached hydrogens (tertiary/aromatic N) is 3. The van der Waals surface area contributed by atoms with Gasteiger partial charge in [0.25, 0.3) is 0 Å². The molecule has 1 saturated carbocycles. The van der Waals surface area contributed by atoms with Gasteiger partial charge in [-0.2, -0.15) is 5.10 Å². The van der Waals surface area contributed by atoms with Crippen LogP contribution in [0.2, 0.25) is 0 Å². The van der Waals surface area contributed by atoms with Crippen molar-refractivity contribution in [3.05, 3.63) is 19.2 Å². The highest BCUT2D eigenvalue weighted by Gasteiger charge is 2.25. The summed E-state index contributed by atoms with van der Waals surface area (Å²) >= 11 is 0. The van der Waals surface area contributed by atoms with Crippen molar-refractivity contribution in [3.8, 4) is 0 Å². The zero-order valence-electron chi connectivity index (χ0n) is 12.5. The standard InChI is InChI=1S/C9H15N3O.C6H12/c1-7(8(13)9(2,3)4)12-6-10-5-11-12;1-2-4-6-5-3-1/h5-6,8,13H,1H2,2-4H3;1-6H2. The molecule has 0 spiro atoms. The third-order valence-corrected chi connectivity index (χ3v) is 3.35. The average Bonchev–Trinajstić information content (AvgIpc) is 2.92. The van der Waals surface area contributed by atoms with E-state index in [1.54, 1.807) is 0 Å². The van der Waals surface area contributed by atoms with E-state index in [9.17, 15) is 5.11 Å². The maximum atomic E-state index is 9.84. The molecule has 2 rings (SSSR count). The molecule has 1 heterocycles. The first-order valence-electron chi connectivity index (χ1n) is 7.15. The van der Waals surface area contributed by atoms with Crippen molar-refractivity contribution >= 4 is 5.70 Å². The Morgan fingerprint density at radius 3 is 1.95 bits per heavy atom. The molecular weight excluding hydrogens is 238 g/mol. The first-order valence-corrected chi connectivity index (χ1v) is 7.15. The highest BCUT2D eigenvalue weighted by Crippen LogP contribution is 2.25. The van der Waals surface area contributed by atoms with Crippen LogP contribution in [-0.4, -0.2) is 26.0 Å². The number of rotatable bonds is 2. The summed E-state index contributed by atoms with van der Waals surface area (Å²) in [7, 11) is 0. The summed E-state index contributed by atoms with van der Waals surface area (Å²) in [5, 5.41) is 13.7. The van der Waals surface area contributed by atoms with E-state index in [1.807, 2.05) is 20.8 Å². The van der Waals surface area contributed by atoms with E-state index in [0.29, 0.717) is 5.70 Å². The van der Waals surface area contributed by atoms with E-state index in [2.05, 4.69) is 16.7 Å². The zero-order chi connectivity index (χ0) is 14.3. The highest BCUT2D eigenvalue weighted by molar-refractivity contribution is 5.45. The van der Waals surface area contributed by atoms with Gasteiger partial charge < -0.3 is 5.11 Å². The highest BCUT2D eigenvalue weighted by atomic mass is 16.3. The van der Waals surface area contributed by atoms with Gasteiger partial charge in [0.15, 0.2) is 0 Å². The fourth-order valence-corrected chi connectivity index (χ4v) is 2.04. The Morgan fingerprint density at radius 1 is 1.16 bits per heavy atom. The molecule has 0 bridgehead atoms. The number of aromatic nitrogens is 3. The smallest absolute Gasteiger partial charge is 0.138 e. The summed E-state index contributed by atoms with van der Waals surface area (Å²) in [5.41, 5.74) is 0.313. The van der Waals surface area contributed by atoms with E-state index >= 15 is 0 Å². The van der Waals surface area contributed by atoms with Crippen molar-refractivity contribution < 1.29 is 5.11 Å². The van der Waals surface area contributed by atoms with Crippen LogP contribution in [0.25, 0.3) is 5.70 Å². The molecule has 0 amide bonds. The molecule has 19 heavy (non-hydrogen) atoms. The topological polar surface area (TPSA) is 50.9 Å². The number of aliphatic hydroxyl groups is 1. The van der Waals surface area contributed by atoms with E-state index in [4.69, 9.17) is 0 Å². The van der Waals surface area contributed by atoms with Crippen molar-refractivity contribution in [3.63, 3.8) is 0 Å². The molecule has 1 fully saturated rings. The Morgan fingerprint density at radius 2 is 1.63 bits per heavy atom. The van der Waals surface area contributed by atoms with Crippen LogP contribution in [0.4, 0.5) is 0 Å². The molecule has 1 atom stereocenters. The molecule has 0 radical (unpaired) electrons. The first-order chi connectivity index (χ1) is 8.93. The van der Waals surface area contributed by atoms with Gasteiger partial charge in [-0.15, -0.1) is 0 Å². The van der Waals surface area contributed by atoms with Crippen LogP contribution >= 0.6 is 0 Å².